The van der Waals surface area contributed by atoms with Gasteiger partial charge in [-0.25, -0.2) is 4.98 Å². The first kappa shape index (κ1) is 17.8. The van der Waals surface area contributed by atoms with E-state index in [0.29, 0.717) is 5.75 Å². The van der Waals surface area contributed by atoms with Crippen molar-refractivity contribution in [2.75, 3.05) is 12.4 Å². The Morgan fingerprint density at radius 1 is 1.22 bits per heavy atom. The summed E-state index contributed by atoms with van der Waals surface area (Å²) in [6.45, 7) is 8.87. The zero-order valence-electron chi connectivity index (χ0n) is 14.2. The lowest BCUT2D eigenvalue weighted by atomic mass is 9.85. The van der Waals surface area contributed by atoms with Crippen LogP contribution in [0, 0.1) is 6.92 Å². The van der Waals surface area contributed by atoms with Crippen molar-refractivity contribution < 1.29 is 9.84 Å². The number of ether oxygens (including phenoxy) is 1. The molecule has 0 saturated heterocycles. The number of aryl methyl sites for hydroxylation is 1. The number of aliphatic hydroxyl groups excluding tert-OH is 1. The second kappa shape index (κ2) is 7.84. The zero-order valence-corrected chi connectivity index (χ0v) is 15.1. The number of hydrogen-bond acceptors (Lipinski definition) is 4. The minimum absolute atomic E-state index is 0.00894. The highest BCUT2D eigenvalue weighted by molar-refractivity contribution is 7.99. The molecule has 1 unspecified atom stereocenters. The summed E-state index contributed by atoms with van der Waals surface area (Å²) in [6.07, 6.45) is 1.23. The van der Waals surface area contributed by atoms with E-state index in [-0.39, 0.29) is 12.0 Å². The maximum Gasteiger partial charge on any atom is 0.123 e. The zero-order chi connectivity index (χ0) is 16.9. The second-order valence-electron chi connectivity index (χ2n) is 6.69. The van der Waals surface area contributed by atoms with E-state index in [1.807, 2.05) is 30.3 Å². The number of aliphatic hydroxyl groups is 1. The summed E-state index contributed by atoms with van der Waals surface area (Å²) >= 11 is 1.53. The van der Waals surface area contributed by atoms with E-state index >= 15 is 0 Å². The first-order chi connectivity index (χ1) is 10.9. The number of pyridine rings is 1. The normalized spacial score (nSPS) is 12.9. The molecule has 0 spiro atoms. The predicted octanol–water partition coefficient (Wildman–Crippen LogP) is 4.22. The summed E-state index contributed by atoms with van der Waals surface area (Å²) in [7, 11) is 0. The molecule has 1 N–H and O–H groups in total. The van der Waals surface area contributed by atoms with E-state index in [1.165, 1.54) is 22.9 Å². The van der Waals surface area contributed by atoms with Crippen LogP contribution in [0.1, 0.15) is 31.9 Å². The molecule has 0 radical (unpaired) electrons. The molecular formula is C19H25NO2S. The van der Waals surface area contributed by atoms with Crippen molar-refractivity contribution in [3.05, 3.63) is 53.7 Å². The molecule has 0 aliphatic rings. The summed E-state index contributed by atoms with van der Waals surface area (Å²) in [5.74, 6) is 1.42. The lowest BCUT2D eigenvalue weighted by molar-refractivity contribution is 0.125. The first-order valence-corrected chi connectivity index (χ1v) is 8.80. The van der Waals surface area contributed by atoms with E-state index in [4.69, 9.17) is 4.74 Å². The van der Waals surface area contributed by atoms with Gasteiger partial charge in [-0.1, -0.05) is 44.5 Å². The van der Waals surface area contributed by atoms with Gasteiger partial charge in [-0.15, -0.1) is 11.8 Å². The third-order valence-electron chi connectivity index (χ3n) is 3.44. The Labute approximate surface area is 143 Å². The molecule has 0 fully saturated rings. The van der Waals surface area contributed by atoms with Gasteiger partial charge in [0.25, 0.3) is 0 Å². The Balaban J connectivity index is 1.93. The SMILES string of the molecule is Cc1ccc(OCC(O)CSc2ccccn2)c(C(C)(C)C)c1. The average Bonchev–Trinajstić information content (AvgIpc) is 2.52. The maximum absolute atomic E-state index is 10.1. The molecule has 1 aromatic carbocycles. The molecule has 1 heterocycles. The molecule has 0 aliphatic carbocycles. The highest BCUT2D eigenvalue weighted by Gasteiger charge is 2.19. The minimum Gasteiger partial charge on any atom is -0.491 e. The molecule has 4 heteroatoms. The number of rotatable bonds is 6. The Bertz CT molecular complexity index is 623. The van der Waals surface area contributed by atoms with Crippen LogP contribution in [0.5, 0.6) is 5.75 Å². The van der Waals surface area contributed by atoms with Crippen molar-refractivity contribution in [1.82, 2.24) is 4.98 Å². The molecule has 23 heavy (non-hydrogen) atoms. The van der Waals surface area contributed by atoms with Crippen LogP contribution >= 0.6 is 11.8 Å². The van der Waals surface area contributed by atoms with Crippen molar-refractivity contribution in [3.63, 3.8) is 0 Å². The Kier molecular flexibility index (Phi) is 6.08. The van der Waals surface area contributed by atoms with Crippen LogP contribution in [0.3, 0.4) is 0 Å². The van der Waals surface area contributed by atoms with Gasteiger partial charge in [-0.2, -0.15) is 0 Å². The van der Waals surface area contributed by atoms with Gasteiger partial charge in [-0.3, -0.25) is 0 Å². The Hall–Kier alpha value is -1.52. The molecule has 0 amide bonds. The number of nitrogens with zero attached hydrogens (tertiary/aromatic N) is 1. The van der Waals surface area contributed by atoms with E-state index in [2.05, 4.69) is 38.7 Å². The third kappa shape index (κ3) is 5.56. The number of hydrogen-bond donors (Lipinski definition) is 1. The van der Waals surface area contributed by atoms with Gasteiger partial charge in [0.05, 0.1) is 11.1 Å². The molecule has 124 valence electrons. The largest absolute Gasteiger partial charge is 0.491 e. The molecule has 0 bridgehead atoms. The molecule has 2 aromatic rings. The standard InChI is InChI=1S/C19H25NO2S/c1-14-8-9-17(16(11-14)19(2,3)4)22-12-15(21)13-23-18-7-5-6-10-20-18/h5-11,15,21H,12-13H2,1-4H3. The molecule has 1 aromatic heterocycles. The smallest absolute Gasteiger partial charge is 0.123 e. The molecule has 0 aliphatic heterocycles. The summed E-state index contributed by atoms with van der Waals surface area (Å²) < 4.78 is 5.89. The van der Waals surface area contributed by atoms with E-state index in [9.17, 15) is 5.11 Å². The predicted molar refractivity (Wildman–Crippen MR) is 96.3 cm³/mol. The molecule has 3 nitrogen and oxygen atoms in total. The van der Waals surface area contributed by atoms with Crippen LogP contribution in [0.25, 0.3) is 0 Å². The van der Waals surface area contributed by atoms with Crippen LogP contribution in [0.4, 0.5) is 0 Å². The van der Waals surface area contributed by atoms with Gasteiger partial charge < -0.3 is 9.84 Å². The maximum atomic E-state index is 10.1. The molecule has 2 rings (SSSR count). The van der Waals surface area contributed by atoms with Gasteiger partial charge >= 0.3 is 0 Å². The van der Waals surface area contributed by atoms with Crippen molar-refractivity contribution in [1.29, 1.82) is 0 Å². The van der Waals surface area contributed by atoms with Crippen molar-refractivity contribution in [2.24, 2.45) is 0 Å². The monoisotopic (exact) mass is 331 g/mol. The van der Waals surface area contributed by atoms with Crippen molar-refractivity contribution in [3.8, 4) is 5.75 Å². The fourth-order valence-corrected chi connectivity index (χ4v) is 2.97. The highest BCUT2D eigenvalue weighted by Crippen LogP contribution is 2.32. The van der Waals surface area contributed by atoms with Gasteiger partial charge in [0.2, 0.25) is 0 Å². The first-order valence-electron chi connectivity index (χ1n) is 7.82. The fraction of sp³-hybridized carbons (Fsp3) is 0.421. The highest BCUT2D eigenvalue weighted by atomic mass is 32.2. The molecule has 1 atom stereocenters. The van der Waals surface area contributed by atoms with Gasteiger partial charge in [0.1, 0.15) is 12.4 Å². The van der Waals surface area contributed by atoms with Crippen LogP contribution in [0.15, 0.2) is 47.6 Å². The topological polar surface area (TPSA) is 42.4 Å². The number of thioether (sulfide) groups is 1. The minimum atomic E-state index is -0.531. The Morgan fingerprint density at radius 3 is 2.65 bits per heavy atom. The van der Waals surface area contributed by atoms with E-state index in [1.54, 1.807) is 6.20 Å². The van der Waals surface area contributed by atoms with Crippen LogP contribution in [-0.2, 0) is 5.41 Å². The number of aromatic nitrogens is 1. The fourth-order valence-electron chi connectivity index (χ4n) is 2.20. The van der Waals surface area contributed by atoms with Gasteiger partial charge in [0.15, 0.2) is 0 Å². The number of benzene rings is 1. The van der Waals surface area contributed by atoms with Gasteiger partial charge in [-0.05, 0) is 36.1 Å². The summed E-state index contributed by atoms with van der Waals surface area (Å²) in [5.41, 5.74) is 2.39. The van der Waals surface area contributed by atoms with Crippen molar-refractivity contribution >= 4 is 11.8 Å². The molecular weight excluding hydrogens is 306 g/mol. The van der Waals surface area contributed by atoms with Crippen LogP contribution in [0.2, 0.25) is 0 Å². The quantitative estimate of drug-likeness (QED) is 0.805. The van der Waals surface area contributed by atoms with E-state index in [0.717, 1.165) is 10.8 Å². The summed E-state index contributed by atoms with van der Waals surface area (Å²) in [6, 6.07) is 12.0. The van der Waals surface area contributed by atoms with Gasteiger partial charge in [0, 0.05) is 11.9 Å². The summed E-state index contributed by atoms with van der Waals surface area (Å²) in [4.78, 5) is 4.24. The third-order valence-corrected chi connectivity index (χ3v) is 4.52. The lowest BCUT2D eigenvalue weighted by Crippen LogP contribution is -2.22. The lowest BCUT2D eigenvalue weighted by Gasteiger charge is -2.24. The van der Waals surface area contributed by atoms with Crippen molar-refractivity contribution in [2.45, 2.75) is 44.2 Å². The van der Waals surface area contributed by atoms with Crippen LogP contribution in [-0.4, -0.2) is 28.6 Å². The molecule has 0 saturated carbocycles. The Morgan fingerprint density at radius 2 is 2.00 bits per heavy atom. The average molecular weight is 331 g/mol. The second-order valence-corrected chi connectivity index (χ2v) is 7.73. The summed E-state index contributed by atoms with van der Waals surface area (Å²) in [5, 5.41) is 11.1. The van der Waals surface area contributed by atoms with Crippen LogP contribution < -0.4 is 4.74 Å². The van der Waals surface area contributed by atoms with E-state index < -0.39 is 6.10 Å².